The van der Waals surface area contributed by atoms with Gasteiger partial charge in [-0.05, 0) is 62.3 Å². The lowest BCUT2D eigenvalue weighted by molar-refractivity contribution is -0.0345. The van der Waals surface area contributed by atoms with Crippen LogP contribution in [0.3, 0.4) is 0 Å². The number of aromatic nitrogens is 2. The molecule has 19 heavy (non-hydrogen) atoms. The van der Waals surface area contributed by atoms with Crippen LogP contribution in [0.25, 0.3) is 0 Å². The third-order valence-electron chi connectivity index (χ3n) is 5.69. The molecule has 0 amide bonds. The van der Waals surface area contributed by atoms with Gasteiger partial charge in [-0.2, -0.15) is 5.10 Å². The summed E-state index contributed by atoms with van der Waals surface area (Å²) in [7, 11) is 0. The van der Waals surface area contributed by atoms with Gasteiger partial charge in [0.2, 0.25) is 0 Å². The largest absolute Gasteiger partial charge is 0.382 e. The highest BCUT2D eigenvalue weighted by Gasteiger charge is 2.49. The zero-order chi connectivity index (χ0) is 13.0. The predicted molar refractivity (Wildman–Crippen MR) is 75.5 cm³/mol. The lowest BCUT2D eigenvalue weighted by Crippen LogP contribution is -2.46. The lowest BCUT2D eigenvalue weighted by Gasteiger charge is -2.54. The molecule has 4 aliphatic carbocycles. The Bertz CT molecular complexity index is 450. The van der Waals surface area contributed by atoms with Gasteiger partial charge in [-0.25, -0.2) is 0 Å². The molecule has 4 nitrogen and oxygen atoms in total. The van der Waals surface area contributed by atoms with Crippen LogP contribution in [0.15, 0.2) is 6.07 Å². The molecule has 0 spiro atoms. The number of rotatable bonds is 3. The first kappa shape index (κ1) is 11.8. The summed E-state index contributed by atoms with van der Waals surface area (Å²) >= 11 is 0. The van der Waals surface area contributed by atoms with Gasteiger partial charge < -0.3 is 11.5 Å². The summed E-state index contributed by atoms with van der Waals surface area (Å²) in [6.07, 6.45) is 8.06. The molecule has 4 saturated carbocycles. The average molecular weight is 260 g/mol. The molecule has 1 aromatic heterocycles. The zero-order valence-electron chi connectivity index (χ0n) is 11.5. The van der Waals surface area contributed by atoms with Crippen molar-refractivity contribution in [2.45, 2.75) is 44.6 Å². The Morgan fingerprint density at radius 1 is 1.11 bits per heavy atom. The number of nitrogens with zero attached hydrogens (tertiary/aromatic N) is 2. The van der Waals surface area contributed by atoms with Crippen LogP contribution in [0, 0.1) is 23.7 Å². The van der Waals surface area contributed by atoms with E-state index in [9.17, 15) is 0 Å². The van der Waals surface area contributed by atoms with Gasteiger partial charge in [0.1, 0.15) is 5.82 Å². The minimum absolute atomic E-state index is 0.603. The molecule has 4 bridgehead atoms. The summed E-state index contributed by atoms with van der Waals surface area (Å²) in [6.45, 7) is 0.679. The minimum Gasteiger partial charge on any atom is -0.382 e. The van der Waals surface area contributed by atoms with Crippen molar-refractivity contribution in [3.8, 4) is 0 Å². The van der Waals surface area contributed by atoms with E-state index in [2.05, 4.69) is 9.78 Å². The molecular weight excluding hydrogens is 236 g/mol. The Morgan fingerprint density at radius 3 is 2.32 bits per heavy atom. The van der Waals surface area contributed by atoms with E-state index in [1.807, 2.05) is 6.07 Å². The molecule has 1 aromatic rings. The monoisotopic (exact) mass is 260 g/mol. The smallest absolute Gasteiger partial charge is 0.145 e. The van der Waals surface area contributed by atoms with Crippen molar-refractivity contribution in [2.24, 2.45) is 29.4 Å². The maximum absolute atomic E-state index is 5.93. The Hall–Kier alpha value is -1.03. The first-order chi connectivity index (χ1) is 9.24. The van der Waals surface area contributed by atoms with Crippen LogP contribution in [0.5, 0.6) is 0 Å². The van der Waals surface area contributed by atoms with Crippen LogP contribution in [0.2, 0.25) is 0 Å². The van der Waals surface area contributed by atoms with Crippen molar-refractivity contribution in [1.82, 2.24) is 9.78 Å². The summed E-state index contributed by atoms with van der Waals surface area (Å²) < 4.78 is 2.26. The fourth-order valence-electron chi connectivity index (χ4n) is 5.34. The van der Waals surface area contributed by atoms with Gasteiger partial charge in [-0.1, -0.05) is 0 Å². The van der Waals surface area contributed by atoms with E-state index in [1.165, 1.54) is 37.8 Å². The van der Waals surface area contributed by atoms with Crippen LogP contribution in [-0.4, -0.2) is 16.3 Å². The molecule has 0 radical (unpaired) electrons. The fourth-order valence-corrected chi connectivity index (χ4v) is 5.34. The van der Waals surface area contributed by atoms with Crippen molar-refractivity contribution >= 4 is 5.82 Å². The summed E-state index contributed by atoms with van der Waals surface area (Å²) in [5.74, 6) is 4.35. The number of anilines is 1. The van der Waals surface area contributed by atoms with Crippen molar-refractivity contribution in [1.29, 1.82) is 0 Å². The highest BCUT2D eigenvalue weighted by Crippen LogP contribution is 2.58. The van der Waals surface area contributed by atoms with Gasteiger partial charge in [-0.15, -0.1) is 0 Å². The lowest BCUT2D eigenvalue weighted by atomic mass is 9.54. The summed E-state index contributed by atoms with van der Waals surface area (Å²) in [6, 6.07) is 2.63. The average Bonchev–Trinajstić information content (AvgIpc) is 2.69. The summed E-state index contributed by atoms with van der Waals surface area (Å²) in [4.78, 5) is 0. The molecule has 5 rings (SSSR count). The molecule has 0 unspecified atom stereocenters. The number of hydrogen-bond donors (Lipinski definition) is 2. The van der Waals surface area contributed by atoms with Crippen LogP contribution in [-0.2, 0) is 6.42 Å². The number of hydrogen-bond acceptors (Lipinski definition) is 3. The van der Waals surface area contributed by atoms with E-state index in [-0.39, 0.29) is 0 Å². The minimum atomic E-state index is 0.603. The Morgan fingerprint density at radius 2 is 1.74 bits per heavy atom. The molecule has 0 atom stereocenters. The van der Waals surface area contributed by atoms with Gasteiger partial charge >= 0.3 is 0 Å². The van der Waals surface area contributed by atoms with Crippen molar-refractivity contribution in [3.63, 3.8) is 0 Å². The number of nitrogen functional groups attached to an aromatic ring is 1. The Balaban J connectivity index is 1.68. The molecule has 4 aliphatic rings. The third kappa shape index (κ3) is 1.80. The second kappa shape index (κ2) is 4.23. The first-order valence-electron chi connectivity index (χ1n) is 7.78. The van der Waals surface area contributed by atoms with Crippen molar-refractivity contribution < 1.29 is 0 Å². The summed E-state index contributed by atoms with van der Waals surface area (Å²) in [5.41, 5.74) is 12.9. The first-order valence-corrected chi connectivity index (χ1v) is 7.78. The topological polar surface area (TPSA) is 69.9 Å². The Labute approximate surface area is 114 Å². The van der Waals surface area contributed by atoms with Gasteiger partial charge in [0, 0.05) is 18.2 Å². The molecule has 0 aromatic carbocycles. The normalized spacial score (nSPS) is 39.9. The Kier molecular flexibility index (Phi) is 2.62. The van der Waals surface area contributed by atoms with E-state index >= 15 is 0 Å². The molecule has 104 valence electrons. The third-order valence-corrected chi connectivity index (χ3v) is 5.69. The van der Waals surface area contributed by atoms with Crippen molar-refractivity contribution in [2.75, 3.05) is 12.3 Å². The van der Waals surface area contributed by atoms with Crippen LogP contribution < -0.4 is 11.5 Å². The van der Waals surface area contributed by atoms with Crippen LogP contribution in [0.4, 0.5) is 5.82 Å². The maximum atomic E-state index is 5.93. The van der Waals surface area contributed by atoms with E-state index in [0.717, 1.165) is 30.1 Å². The molecule has 4 heteroatoms. The summed E-state index contributed by atoms with van der Waals surface area (Å²) in [5, 5.41) is 4.61. The SMILES string of the molecule is NCCc1cc(N)nn1C1C2CC3CC(C2)CC1C3. The van der Waals surface area contributed by atoms with Gasteiger partial charge in [0.15, 0.2) is 0 Å². The highest BCUT2D eigenvalue weighted by atomic mass is 15.3. The van der Waals surface area contributed by atoms with Gasteiger partial charge in [0.25, 0.3) is 0 Å². The van der Waals surface area contributed by atoms with E-state index in [4.69, 9.17) is 11.5 Å². The molecule has 0 saturated heterocycles. The number of nitrogens with two attached hydrogens (primary N) is 2. The molecular formula is C15H24N4. The zero-order valence-corrected chi connectivity index (χ0v) is 11.5. The maximum Gasteiger partial charge on any atom is 0.145 e. The molecule has 4 fully saturated rings. The molecule has 1 heterocycles. The van der Waals surface area contributed by atoms with E-state index in [1.54, 1.807) is 0 Å². The highest BCUT2D eigenvalue weighted by molar-refractivity contribution is 5.30. The van der Waals surface area contributed by atoms with E-state index in [0.29, 0.717) is 18.4 Å². The fraction of sp³-hybridized carbons (Fsp3) is 0.800. The second-order valence-corrected chi connectivity index (χ2v) is 6.97. The van der Waals surface area contributed by atoms with Gasteiger partial charge in [-0.3, -0.25) is 4.68 Å². The van der Waals surface area contributed by atoms with E-state index < -0.39 is 0 Å². The molecule has 4 N–H and O–H groups in total. The standard InChI is InChI=1S/C15H24N4/c16-2-1-13-8-14(17)18-19(13)15-11-4-9-3-10(6-11)7-12(15)5-9/h8-12,15H,1-7,16H2,(H2,17,18). The molecule has 0 aliphatic heterocycles. The predicted octanol–water partition coefficient (Wildman–Crippen LogP) is 1.96. The van der Waals surface area contributed by atoms with Gasteiger partial charge in [0.05, 0.1) is 6.04 Å². The quantitative estimate of drug-likeness (QED) is 0.873. The second-order valence-electron chi connectivity index (χ2n) is 6.97. The van der Waals surface area contributed by atoms with Crippen LogP contribution in [0.1, 0.15) is 43.8 Å². The van der Waals surface area contributed by atoms with Crippen LogP contribution >= 0.6 is 0 Å². The van der Waals surface area contributed by atoms with Crippen molar-refractivity contribution in [3.05, 3.63) is 11.8 Å².